The average Bonchev–Trinajstić information content (AvgIpc) is 2.04. The lowest BCUT2D eigenvalue weighted by Gasteiger charge is -2.29. The Labute approximate surface area is 82.7 Å². The molecule has 0 saturated heterocycles. The zero-order chi connectivity index (χ0) is 9.78. The van der Waals surface area contributed by atoms with Gasteiger partial charge in [-0.05, 0) is 31.6 Å². The van der Waals surface area contributed by atoms with Gasteiger partial charge in [-0.1, -0.05) is 34.1 Å². The van der Waals surface area contributed by atoms with Crippen LogP contribution in [0.15, 0.2) is 0 Å². The Morgan fingerprint density at radius 3 is 2.08 bits per heavy atom. The molecule has 3 unspecified atom stereocenters. The summed E-state index contributed by atoms with van der Waals surface area (Å²) in [5.74, 6) is 1.43. The minimum atomic E-state index is 0.00340. The highest BCUT2D eigenvalue weighted by Crippen LogP contribution is 2.33. The summed E-state index contributed by atoms with van der Waals surface area (Å²) in [6.45, 7) is 11.1. The van der Waals surface area contributed by atoms with Gasteiger partial charge in [0.2, 0.25) is 0 Å². The van der Waals surface area contributed by atoms with Crippen LogP contribution in [0.2, 0.25) is 0 Å². The second kappa shape index (κ2) is 5.11. The molecule has 0 saturated carbocycles. The molecular weight excluding hydrogens is 168 g/mol. The number of hydrogen-bond donors (Lipinski definition) is 0. The quantitative estimate of drug-likeness (QED) is 0.562. The van der Waals surface area contributed by atoms with Gasteiger partial charge in [0.15, 0.2) is 0 Å². The zero-order valence-electron chi connectivity index (χ0n) is 9.15. The fraction of sp³-hybridized carbons (Fsp3) is 1.00. The highest BCUT2D eigenvalue weighted by Gasteiger charge is 2.26. The van der Waals surface area contributed by atoms with E-state index in [-0.39, 0.29) is 4.87 Å². The standard InChI is InChI=1S/C11H23Cl/c1-6-9(3)8-10(4)11(5,12)7-2/h9-10H,6-8H2,1-5H3. The monoisotopic (exact) mass is 190 g/mol. The molecule has 0 radical (unpaired) electrons. The first-order valence-electron chi connectivity index (χ1n) is 5.12. The van der Waals surface area contributed by atoms with E-state index in [1.165, 1.54) is 12.8 Å². The Bertz CT molecular complexity index is 118. The Kier molecular flexibility index (Phi) is 5.24. The highest BCUT2D eigenvalue weighted by molar-refractivity contribution is 6.23. The van der Waals surface area contributed by atoms with Gasteiger partial charge in [0.25, 0.3) is 0 Å². The van der Waals surface area contributed by atoms with Gasteiger partial charge in [0, 0.05) is 4.87 Å². The van der Waals surface area contributed by atoms with Crippen LogP contribution in [0.25, 0.3) is 0 Å². The maximum absolute atomic E-state index is 6.37. The molecule has 0 aromatic carbocycles. The summed E-state index contributed by atoms with van der Waals surface area (Å²) in [6, 6.07) is 0. The van der Waals surface area contributed by atoms with Gasteiger partial charge < -0.3 is 0 Å². The molecule has 0 aliphatic carbocycles. The van der Waals surface area contributed by atoms with E-state index in [9.17, 15) is 0 Å². The van der Waals surface area contributed by atoms with Crippen molar-refractivity contribution in [2.75, 3.05) is 0 Å². The van der Waals surface area contributed by atoms with E-state index >= 15 is 0 Å². The molecule has 0 aliphatic rings. The van der Waals surface area contributed by atoms with Crippen LogP contribution in [-0.4, -0.2) is 4.87 Å². The van der Waals surface area contributed by atoms with Crippen molar-refractivity contribution in [2.45, 2.75) is 58.8 Å². The third kappa shape index (κ3) is 3.80. The summed E-state index contributed by atoms with van der Waals surface area (Å²) in [7, 11) is 0. The molecule has 0 rings (SSSR count). The molecule has 12 heavy (non-hydrogen) atoms. The van der Waals surface area contributed by atoms with E-state index in [1.807, 2.05) is 0 Å². The third-order valence-electron chi connectivity index (χ3n) is 3.17. The van der Waals surface area contributed by atoms with Crippen molar-refractivity contribution in [1.29, 1.82) is 0 Å². The topological polar surface area (TPSA) is 0 Å². The van der Waals surface area contributed by atoms with E-state index in [1.54, 1.807) is 0 Å². The van der Waals surface area contributed by atoms with Gasteiger partial charge in [-0.15, -0.1) is 11.6 Å². The molecular formula is C11H23Cl. The van der Waals surface area contributed by atoms with Crippen molar-refractivity contribution in [2.24, 2.45) is 11.8 Å². The maximum atomic E-state index is 6.37. The van der Waals surface area contributed by atoms with Crippen molar-refractivity contribution in [3.8, 4) is 0 Å². The first kappa shape index (κ1) is 12.3. The predicted octanol–water partition coefficient (Wildman–Crippen LogP) is 4.47. The molecule has 74 valence electrons. The lowest BCUT2D eigenvalue weighted by atomic mass is 9.84. The lowest BCUT2D eigenvalue weighted by molar-refractivity contribution is 0.326. The zero-order valence-corrected chi connectivity index (χ0v) is 9.91. The first-order valence-corrected chi connectivity index (χ1v) is 5.50. The smallest absolute Gasteiger partial charge is 0.0441 e. The maximum Gasteiger partial charge on any atom is 0.0441 e. The Balaban J connectivity index is 3.93. The summed E-state index contributed by atoms with van der Waals surface area (Å²) in [4.78, 5) is 0.00340. The van der Waals surface area contributed by atoms with E-state index in [0.717, 1.165) is 12.3 Å². The summed E-state index contributed by atoms with van der Waals surface area (Å²) >= 11 is 6.37. The first-order chi connectivity index (χ1) is 5.44. The Morgan fingerprint density at radius 1 is 1.25 bits per heavy atom. The van der Waals surface area contributed by atoms with E-state index in [0.29, 0.717) is 5.92 Å². The van der Waals surface area contributed by atoms with E-state index in [4.69, 9.17) is 11.6 Å². The molecule has 0 aromatic heterocycles. The van der Waals surface area contributed by atoms with Crippen molar-refractivity contribution < 1.29 is 0 Å². The molecule has 3 atom stereocenters. The molecule has 0 fully saturated rings. The Morgan fingerprint density at radius 2 is 1.75 bits per heavy atom. The summed E-state index contributed by atoms with van der Waals surface area (Å²) in [5.41, 5.74) is 0. The molecule has 0 heterocycles. The van der Waals surface area contributed by atoms with Crippen molar-refractivity contribution in [3.63, 3.8) is 0 Å². The molecule has 0 N–H and O–H groups in total. The second-order valence-corrected chi connectivity index (χ2v) is 5.15. The van der Waals surface area contributed by atoms with E-state index in [2.05, 4.69) is 34.6 Å². The van der Waals surface area contributed by atoms with Gasteiger partial charge in [0.05, 0.1) is 0 Å². The molecule has 0 aromatic rings. The minimum absolute atomic E-state index is 0.00340. The Hall–Kier alpha value is 0.290. The fourth-order valence-electron chi connectivity index (χ4n) is 1.36. The van der Waals surface area contributed by atoms with Gasteiger partial charge >= 0.3 is 0 Å². The van der Waals surface area contributed by atoms with Crippen LogP contribution >= 0.6 is 11.6 Å². The molecule has 0 amide bonds. The normalized spacial score (nSPS) is 21.5. The predicted molar refractivity (Wildman–Crippen MR) is 57.8 cm³/mol. The number of halogens is 1. The minimum Gasteiger partial charge on any atom is -0.119 e. The SMILES string of the molecule is CCC(C)CC(C)C(C)(Cl)CC. The average molecular weight is 191 g/mol. The van der Waals surface area contributed by atoms with Crippen LogP contribution in [0.5, 0.6) is 0 Å². The summed E-state index contributed by atoms with van der Waals surface area (Å²) in [5, 5.41) is 0. The van der Waals surface area contributed by atoms with Gasteiger partial charge in [-0.3, -0.25) is 0 Å². The summed E-state index contributed by atoms with van der Waals surface area (Å²) < 4.78 is 0. The van der Waals surface area contributed by atoms with Gasteiger partial charge in [0.1, 0.15) is 0 Å². The van der Waals surface area contributed by atoms with Crippen LogP contribution in [0.3, 0.4) is 0 Å². The van der Waals surface area contributed by atoms with E-state index < -0.39 is 0 Å². The number of alkyl halides is 1. The van der Waals surface area contributed by atoms with Crippen LogP contribution < -0.4 is 0 Å². The molecule has 0 spiro atoms. The van der Waals surface area contributed by atoms with Gasteiger partial charge in [-0.25, -0.2) is 0 Å². The third-order valence-corrected chi connectivity index (χ3v) is 3.81. The largest absolute Gasteiger partial charge is 0.119 e. The second-order valence-electron chi connectivity index (χ2n) is 4.28. The van der Waals surface area contributed by atoms with Gasteiger partial charge in [-0.2, -0.15) is 0 Å². The van der Waals surface area contributed by atoms with Crippen molar-refractivity contribution >= 4 is 11.6 Å². The highest BCUT2D eigenvalue weighted by atomic mass is 35.5. The molecule has 0 aliphatic heterocycles. The molecule has 1 heteroatoms. The van der Waals surface area contributed by atoms with Crippen molar-refractivity contribution in [3.05, 3.63) is 0 Å². The van der Waals surface area contributed by atoms with Crippen LogP contribution in [0.4, 0.5) is 0 Å². The number of rotatable bonds is 5. The molecule has 0 bridgehead atoms. The lowest BCUT2D eigenvalue weighted by Crippen LogP contribution is -2.26. The van der Waals surface area contributed by atoms with Crippen LogP contribution in [0, 0.1) is 11.8 Å². The van der Waals surface area contributed by atoms with Crippen LogP contribution in [0.1, 0.15) is 53.9 Å². The van der Waals surface area contributed by atoms with Crippen molar-refractivity contribution in [1.82, 2.24) is 0 Å². The fourth-order valence-corrected chi connectivity index (χ4v) is 1.45. The molecule has 0 nitrogen and oxygen atoms in total. The summed E-state index contributed by atoms with van der Waals surface area (Å²) in [6.07, 6.45) is 3.58. The van der Waals surface area contributed by atoms with Crippen LogP contribution in [-0.2, 0) is 0 Å². The number of hydrogen-bond acceptors (Lipinski definition) is 0.